The van der Waals surface area contributed by atoms with Crippen LogP contribution >= 0.6 is 0 Å². The lowest BCUT2D eigenvalue weighted by atomic mass is 9.59. The maximum atomic E-state index is 15.1. The third-order valence-electron chi connectivity index (χ3n) is 13.2. The van der Waals surface area contributed by atoms with E-state index in [0.717, 1.165) is 17.6 Å². The Hall–Kier alpha value is -0.330. The highest BCUT2D eigenvalue weighted by Crippen LogP contribution is 2.49. The maximum absolute atomic E-state index is 15.1. The van der Waals surface area contributed by atoms with Crippen LogP contribution in [0.3, 0.4) is 0 Å². The maximum Gasteiger partial charge on any atom is 0.140 e. The van der Waals surface area contributed by atoms with Gasteiger partial charge in [0.25, 0.3) is 0 Å². The van der Waals surface area contributed by atoms with E-state index in [0.29, 0.717) is 35.5 Å². The second kappa shape index (κ2) is 19.9. The van der Waals surface area contributed by atoms with Crippen LogP contribution in [0.1, 0.15) is 206 Å². The molecule has 4 rings (SSSR count). The molecular weight excluding hydrogens is 508 g/mol. The van der Waals surface area contributed by atoms with E-state index >= 15 is 4.79 Å². The Balaban J connectivity index is 1.38. The van der Waals surface area contributed by atoms with E-state index in [4.69, 9.17) is 0 Å². The number of unbranched alkanes of at least 4 members (excludes halogenated alkanes) is 8. The first-order chi connectivity index (χ1) is 20.7. The van der Waals surface area contributed by atoms with E-state index in [-0.39, 0.29) is 0 Å². The van der Waals surface area contributed by atoms with Gasteiger partial charge in [-0.25, -0.2) is 0 Å². The quantitative estimate of drug-likeness (QED) is 0.147. The molecule has 0 bridgehead atoms. The monoisotopic (exact) mass is 583 g/mol. The molecule has 0 aromatic heterocycles. The summed E-state index contributed by atoms with van der Waals surface area (Å²) in [5, 5.41) is 0. The molecule has 1 heteroatoms. The minimum absolute atomic E-state index is 0.416. The van der Waals surface area contributed by atoms with Crippen molar-refractivity contribution in [1.29, 1.82) is 0 Å². The van der Waals surface area contributed by atoms with E-state index in [1.54, 1.807) is 0 Å². The Labute approximate surface area is 263 Å². The fourth-order valence-corrected chi connectivity index (χ4v) is 10.7. The average molecular weight is 583 g/mol. The van der Waals surface area contributed by atoms with Crippen molar-refractivity contribution in [2.75, 3.05) is 0 Å². The Morgan fingerprint density at radius 3 is 1.12 bits per heavy atom. The summed E-state index contributed by atoms with van der Waals surface area (Å²) >= 11 is 0. The zero-order valence-electron chi connectivity index (χ0n) is 28.7. The smallest absolute Gasteiger partial charge is 0.140 e. The first-order valence-electron chi connectivity index (χ1n) is 20.2. The summed E-state index contributed by atoms with van der Waals surface area (Å²) in [4.78, 5) is 15.1. The fraction of sp³-hybridized carbons (Fsp3) is 0.976. The summed E-state index contributed by atoms with van der Waals surface area (Å²) < 4.78 is 0. The molecule has 0 aromatic carbocycles. The van der Waals surface area contributed by atoms with Gasteiger partial charge in [0.05, 0.1) is 0 Å². The fourth-order valence-electron chi connectivity index (χ4n) is 10.7. The van der Waals surface area contributed by atoms with E-state index in [1.165, 1.54) is 193 Å². The molecule has 0 N–H and O–H groups in total. The summed E-state index contributed by atoms with van der Waals surface area (Å²) in [6, 6.07) is 0. The first kappa shape index (κ1) is 34.5. The van der Waals surface area contributed by atoms with Crippen LogP contribution in [0.2, 0.25) is 0 Å². The van der Waals surface area contributed by atoms with Crippen LogP contribution in [0.15, 0.2) is 0 Å². The van der Waals surface area contributed by atoms with Gasteiger partial charge in [-0.3, -0.25) is 4.79 Å². The van der Waals surface area contributed by atoms with Crippen molar-refractivity contribution in [2.24, 2.45) is 47.3 Å². The molecule has 4 fully saturated rings. The van der Waals surface area contributed by atoms with Gasteiger partial charge in [0.1, 0.15) is 5.78 Å². The standard InChI is InChI=1S/C41H74O/c1-3-5-7-9-13-19-33-25-29-37(30-26-33)39(35-21-15-11-16-22-35)41(42)40(36-23-17-12-18-24-36)38-31-27-34(28-32-38)20-14-10-8-6-4-2/h33-40H,3-32H2,1-2H3. The van der Waals surface area contributed by atoms with Crippen LogP contribution in [0, 0.1) is 47.3 Å². The average Bonchev–Trinajstić information content (AvgIpc) is 3.04. The predicted molar refractivity (Wildman–Crippen MR) is 183 cm³/mol. The molecule has 244 valence electrons. The lowest BCUT2D eigenvalue weighted by molar-refractivity contribution is -0.137. The van der Waals surface area contributed by atoms with Crippen molar-refractivity contribution in [2.45, 2.75) is 206 Å². The number of carbonyl (C=O) groups excluding carboxylic acids is 1. The van der Waals surface area contributed by atoms with Gasteiger partial charge < -0.3 is 0 Å². The van der Waals surface area contributed by atoms with Crippen LogP contribution in [-0.2, 0) is 4.79 Å². The lowest BCUT2D eigenvalue weighted by Gasteiger charge is -2.44. The van der Waals surface area contributed by atoms with Crippen molar-refractivity contribution < 1.29 is 4.79 Å². The van der Waals surface area contributed by atoms with Crippen molar-refractivity contribution in [3.05, 3.63) is 0 Å². The molecular formula is C41H74O. The summed E-state index contributed by atoms with van der Waals surface area (Å²) in [5.41, 5.74) is 0. The zero-order valence-corrected chi connectivity index (χ0v) is 28.7. The Morgan fingerprint density at radius 1 is 0.429 bits per heavy atom. The molecule has 42 heavy (non-hydrogen) atoms. The Bertz CT molecular complexity index is 626. The highest BCUT2D eigenvalue weighted by molar-refractivity contribution is 5.84. The van der Waals surface area contributed by atoms with Crippen LogP contribution in [0.25, 0.3) is 0 Å². The van der Waals surface area contributed by atoms with Crippen LogP contribution in [0.4, 0.5) is 0 Å². The minimum Gasteiger partial charge on any atom is -0.299 e. The highest BCUT2D eigenvalue weighted by atomic mass is 16.1. The summed E-state index contributed by atoms with van der Waals surface area (Å²) in [5.74, 6) is 6.43. The van der Waals surface area contributed by atoms with Gasteiger partial charge in [0, 0.05) is 11.8 Å². The molecule has 0 radical (unpaired) electrons. The minimum atomic E-state index is 0.416. The molecule has 0 amide bonds. The van der Waals surface area contributed by atoms with Crippen molar-refractivity contribution in [3.63, 3.8) is 0 Å². The Morgan fingerprint density at radius 2 is 0.762 bits per heavy atom. The van der Waals surface area contributed by atoms with Crippen molar-refractivity contribution in [3.8, 4) is 0 Å². The van der Waals surface area contributed by atoms with Gasteiger partial charge in [-0.2, -0.15) is 0 Å². The summed E-state index contributed by atoms with van der Waals surface area (Å²) in [7, 11) is 0. The number of carbonyl (C=O) groups is 1. The number of hydrogen-bond donors (Lipinski definition) is 0. The largest absolute Gasteiger partial charge is 0.299 e. The Kier molecular flexibility index (Phi) is 16.4. The van der Waals surface area contributed by atoms with Crippen LogP contribution < -0.4 is 0 Å². The molecule has 4 saturated carbocycles. The SMILES string of the molecule is CCCCCCCC1CCC(C(C(=O)C(C2CCCCC2)C2CCC(CCCCCCC)CC2)C2CCCCC2)CC1. The van der Waals surface area contributed by atoms with E-state index in [9.17, 15) is 0 Å². The molecule has 4 aliphatic carbocycles. The van der Waals surface area contributed by atoms with Crippen molar-refractivity contribution in [1.82, 2.24) is 0 Å². The number of hydrogen-bond acceptors (Lipinski definition) is 1. The van der Waals surface area contributed by atoms with Crippen LogP contribution in [-0.4, -0.2) is 5.78 Å². The molecule has 0 aliphatic heterocycles. The lowest BCUT2D eigenvalue weighted by Crippen LogP contribution is -2.43. The van der Waals surface area contributed by atoms with E-state index in [1.807, 2.05) is 0 Å². The highest BCUT2D eigenvalue weighted by Gasteiger charge is 2.45. The molecule has 0 spiro atoms. The summed E-state index contributed by atoms with van der Waals surface area (Å²) in [6.45, 7) is 4.65. The van der Waals surface area contributed by atoms with Crippen molar-refractivity contribution >= 4 is 5.78 Å². The molecule has 0 aromatic rings. The number of Topliss-reactive ketones (excluding diaryl/α,β-unsaturated/α-hetero) is 1. The molecule has 1 nitrogen and oxygen atoms in total. The number of ketones is 1. The normalized spacial score (nSPS) is 29.8. The second-order valence-corrected chi connectivity index (χ2v) is 16.2. The predicted octanol–water partition coefficient (Wildman–Crippen LogP) is 13.3. The zero-order chi connectivity index (χ0) is 29.4. The van der Waals surface area contributed by atoms with Gasteiger partial charge in [-0.1, -0.05) is 155 Å². The van der Waals surface area contributed by atoms with Gasteiger partial charge in [0.2, 0.25) is 0 Å². The third kappa shape index (κ3) is 10.9. The molecule has 2 atom stereocenters. The molecule has 0 saturated heterocycles. The van der Waals surface area contributed by atoms with Gasteiger partial charge >= 0.3 is 0 Å². The molecule has 0 heterocycles. The van der Waals surface area contributed by atoms with Gasteiger partial charge in [-0.15, -0.1) is 0 Å². The first-order valence-corrected chi connectivity index (χ1v) is 20.2. The second-order valence-electron chi connectivity index (χ2n) is 16.2. The topological polar surface area (TPSA) is 17.1 Å². The summed E-state index contributed by atoms with van der Waals surface area (Å²) in [6.07, 6.45) is 42.1. The van der Waals surface area contributed by atoms with Crippen LogP contribution in [0.5, 0.6) is 0 Å². The van der Waals surface area contributed by atoms with E-state index < -0.39 is 0 Å². The van der Waals surface area contributed by atoms with E-state index in [2.05, 4.69) is 13.8 Å². The third-order valence-corrected chi connectivity index (χ3v) is 13.2. The van der Waals surface area contributed by atoms with Gasteiger partial charge in [-0.05, 0) is 86.9 Å². The molecule has 2 unspecified atom stereocenters. The molecule has 4 aliphatic rings. The van der Waals surface area contributed by atoms with Gasteiger partial charge in [0.15, 0.2) is 0 Å². The number of rotatable bonds is 18.